The van der Waals surface area contributed by atoms with Crippen molar-refractivity contribution < 1.29 is 36.3 Å². The maximum Gasteiger partial charge on any atom is 0.389 e. The monoisotopic (exact) mass is 523 g/mol. The molecule has 1 aliphatic heterocycles. The lowest BCUT2D eigenvalue weighted by Crippen LogP contribution is -2.47. The van der Waals surface area contributed by atoms with E-state index < -0.39 is 79.3 Å². The van der Waals surface area contributed by atoms with Crippen LogP contribution in [-0.2, 0) is 14.4 Å². The number of para-hydroxylation sites is 1. The molecule has 37 heavy (non-hydrogen) atoms. The fourth-order valence-corrected chi connectivity index (χ4v) is 5.19. The lowest BCUT2D eigenvalue weighted by Gasteiger charge is -2.38. The molecule has 4 rings (SSSR count). The molecule has 3 atom stereocenters. The van der Waals surface area contributed by atoms with Crippen LogP contribution in [0.4, 0.5) is 27.6 Å². The second kappa shape index (κ2) is 10.1. The summed E-state index contributed by atoms with van der Waals surface area (Å²) in [4.78, 5) is 38.8. The van der Waals surface area contributed by atoms with Crippen LogP contribution in [0.15, 0.2) is 48.5 Å². The van der Waals surface area contributed by atoms with Gasteiger partial charge < -0.3 is 16.4 Å². The van der Waals surface area contributed by atoms with Crippen molar-refractivity contribution in [3.8, 4) is 11.1 Å². The zero-order valence-corrected chi connectivity index (χ0v) is 19.7. The maximum absolute atomic E-state index is 13.5. The van der Waals surface area contributed by atoms with Gasteiger partial charge in [0.15, 0.2) is 0 Å². The molecule has 0 radical (unpaired) electrons. The van der Waals surface area contributed by atoms with Gasteiger partial charge in [-0.3, -0.25) is 14.4 Å². The number of nitrogens with two attached hydrogens (primary N) is 1. The number of rotatable bonds is 8. The SMILES string of the molecule is NC(=O)[C@H](CCC(F)(F)F)[C@H](CC1CC(F)(F)C1)C(=O)N[C@@H]1C(=O)Nc2ccccc2-c2ccccc21. The third-order valence-electron chi connectivity index (χ3n) is 6.98. The Morgan fingerprint density at radius 1 is 1.03 bits per heavy atom. The smallest absolute Gasteiger partial charge is 0.369 e. The summed E-state index contributed by atoms with van der Waals surface area (Å²) in [5, 5.41) is 5.32. The number of anilines is 1. The van der Waals surface area contributed by atoms with E-state index in [1.54, 1.807) is 48.5 Å². The molecule has 4 N–H and O–H groups in total. The average Bonchev–Trinajstić information content (AvgIpc) is 2.91. The first-order chi connectivity index (χ1) is 17.3. The summed E-state index contributed by atoms with van der Waals surface area (Å²) in [5.41, 5.74) is 7.70. The van der Waals surface area contributed by atoms with Gasteiger partial charge in [0, 0.05) is 42.3 Å². The molecule has 1 saturated carbocycles. The van der Waals surface area contributed by atoms with Gasteiger partial charge in [-0.1, -0.05) is 42.5 Å². The Morgan fingerprint density at radius 2 is 1.65 bits per heavy atom. The number of carbonyl (C=O) groups excluding carboxylic acids is 3. The second-order valence-corrected chi connectivity index (χ2v) is 9.70. The summed E-state index contributed by atoms with van der Waals surface area (Å²) in [5.74, 6) is -9.16. The predicted octanol–water partition coefficient (Wildman–Crippen LogP) is 4.96. The molecule has 0 bridgehead atoms. The van der Waals surface area contributed by atoms with Gasteiger partial charge in [0.2, 0.25) is 17.7 Å². The molecule has 0 saturated heterocycles. The summed E-state index contributed by atoms with van der Waals surface area (Å²) in [7, 11) is 0. The Morgan fingerprint density at radius 3 is 2.27 bits per heavy atom. The van der Waals surface area contributed by atoms with E-state index in [0.717, 1.165) is 0 Å². The van der Waals surface area contributed by atoms with Crippen LogP contribution in [0.3, 0.4) is 0 Å². The van der Waals surface area contributed by atoms with Crippen molar-refractivity contribution in [2.45, 2.75) is 50.2 Å². The molecule has 0 aromatic heterocycles. The van der Waals surface area contributed by atoms with Crippen LogP contribution < -0.4 is 16.4 Å². The molecule has 0 unspecified atom stereocenters. The molecule has 2 aliphatic rings. The highest BCUT2D eigenvalue weighted by Gasteiger charge is 2.48. The molecular formula is C26H26F5N3O3. The Bertz CT molecular complexity index is 1190. The van der Waals surface area contributed by atoms with Crippen molar-refractivity contribution in [1.29, 1.82) is 0 Å². The van der Waals surface area contributed by atoms with Gasteiger partial charge in [0.1, 0.15) is 6.04 Å². The predicted molar refractivity (Wildman–Crippen MR) is 125 cm³/mol. The van der Waals surface area contributed by atoms with Gasteiger partial charge in [-0.2, -0.15) is 13.2 Å². The molecule has 6 nitrogen and oxygen atoms in total. The molecule has 198 valence electrons. The van der Waals surface area contributed by atoms with E-state index in [1.807, 2.05) is 0 Å². The van der Waals surface area contributed by atoms with Crippen molar-refractivity contribution in [3.05, 3.63) is 54.1 Å². The molecule has 11 heteroatoms. The summed E-state index contributed by atoms with van der Waals surface area (Å²) in [6.07, 6.45) is -8.06. The quantitative estimate of drug-likeness (QED) is 0.427. The van der Waals surface area contributed by atoms with Gasteiger partial charge in [0.25, 0.3) is 5.91 Å². The number of nitrogens with one attached hydrogen (secondary N) is 2. The minimum atomic E-state index is -4.61. The van der Waals surface area contributed by atoms with Gasteiger partial charge in [0.05, 0.1) is 0 Å². The molecule has 0 spiro atoms. The van der Waals surface area contributed by atoms with E-state index in [0.29, 0.717) is 22.4 Å². The third kappa shape index (κ3) is 6.08. The first kappa shape index (κ1) is 26.6. The summed E-state index contributed by atoms with van der Waals surface area (Å²) < 4.78 is 65.8. The number of primary amides is 1. The number of hydrogen-bond acceptors (Lipinski definition) is 3. The van der Waals surface area contributed by atoms with Crippen molar-refractivity contribution >= 4 is 23.4 Å². The fourth-order valence-electron chi connectivity index (χ4n) is 5.19. The van der Waals surface area contributed by atoms with Crippen molar-refractivity contribution in [2.24, 2.45) is 23.5 Å². The lowest BCUT2D eigenvalue weighted by atomic mass is 9.72. The normalized spacial score (nSPS) is 20.4. The van der Waals surface area contributed by atoms with E-state index in [-0.39, 0.29) is 6.42 Å². The number of alkyl halides is 5. The first-order valence-electron chi connectivity index (χ1n) is 11.9. The molecule has 2 aromatic rings. The summed E-state index contributed by atoms with van der Waals surface area (Å²) >= 11 is 0. The lowest BCUT2D eigenvalue weighted by molar-refractivity contribution is -0.149. The van der Waals surface area contributed by atoms with Crippen LogP contribution in [0.5, 0.6) is 0 Å². The Labute approximate surface area is 209 Å². The Balaban J connectivity index is 1.64. The molecule has 1 heterocycles. The van der Waals surface area contributed by atoms with Gasteiger partial charge in [-0.05, 0) is 36.0 Å². The van der Waals surface area contributed by atoms with Crippen LogP contribution in [0.25, 0.3) is 11.1 Å². The topological polar surface area (TPSA) is 101 Å². The Hall–Kier alpha value is -3.50. The maximum atomic E-state index is 13.5. The van der Waals surface area contributed by atoms with Crippen LogP contribution in [0.2, 0.25) is 0 Å². The van der Waals surface area contributed by atoms with Gasteiger partial charge >= 0.3 is 6.18 Å². The van der Waals surface area contributed by atoms with Crippen LogP contribution in [0, 0.1) is 17.8 Å². The molecular weight excluding hydrogens is 497 g/mol. The van der Waals surface area contributed by atoms with E-state index >= 15 is 0 Å². The fraction of sp³-hybridized carbons (Fsp3) is 0.423. The first-order valence-corrected chi connectivity index (χ1v) is 11.9. The number of amides is 3. The van der Waals surface area contributed by atoms with E-state index in [4.69, 9.17) is 5.73 Å². The third-order valence-corrected chi connectivity index (χ3v) is 6.98. The number of carbonyl (C=O) groups is 3. The van der Waals surface area contributed by atoms with Gasteiger partial charge in [-0.25, -0.2) is 8.78 Å². The van der Waals surface area contributed by atoms with Crippen LogP contribution in [0.1, 0.15) is 43.7 Å². The second-order valence-electron chi connectivity index (χ2n) is 9.70. The van der Waals surface area contributed by atoms with E-state index in [9.17, 15) is 36.3 Å². The summed E-state index contributed by atoms with van der Waals surface area (Å²) in [6.45, 7) is 0. The van der Waals surface area contributed by atoms with Crippen molar-refractivity contribution in [3.63, 3.8) is 0 Å². The standard InChI is InChI=1S/C26H26F5N3O3/c27-25(28)12-14(13-25)11-19(18(22(32)35)9-10-26(29,30)31)23(36)34-21-17-7-2-1-5-15(17)16-6-3-4-8-20(16)33-24(21)37/h1-8,14,18-19,21H,9-13H2,(H2,32,35)(H,33,37)(H,34,36)/t18-,19+,21+/m1/s1. The zero-order chi connectivity index (χ0) is 27.0. The van der Waals surface area contributed by atoms with Crippen LogP contribution >= 0.6 is 0 Å². The number of hydrogen-bond donors (Lipinski definition) is 3. The minimum Gasteiger partial charge on any atom is -0.369 e. The zero-order valence-electron chi connectivity index (χ0n) is 19.7. The molecule has 1 aliphatic carbocycles. The van der Waals surface area contributed by atoms with Gasteiger partial charge in [-0.15, -0.1) is 0 Å². The summed E-state index contributed by atoms with van der Waals surface area (Å²) in [6, 6.07) is 12.6. The van der Waals surface area contributed by atoms with E-state index in [2.05, 4.69) is 10.6 Å². The number of halogens is 5. The highest BCUT2D eigenvalue weighted by atomic mass is 19.4. The number of fused-ring (bicyclic) bond motifs is 3. The molecule has 3 amide bonds. The average molecular weight is 524 g/mol. The van der Waals surface area contributed by atoms with E-state index in [1.165, 1.54) is 0 Å². The molecule has 1 fully saturated rings. The highest BCUT2D eigenvalue weighted by Crippen LogP contribution is 2.47. The van der Waals surface area contributed by atoms with Crippen molar-refractivity contribution in [2.75, 3.05) is 5.32 Å². The minimum absolute atomic E-state index is 0.247. The number of benzene rings is 2. The van der Waals surface area contributed by atoms with Crippen molar-refractivity contribution in [1.82, 2.24) is 5.32 Å². The highest BCUT2D eigenvalue weighted by molar-refractivity contribution is 6.05. The molecule has 2 aromatic carbocycles. The largest absolute Gasteiger partial charge is 0.389 e. The Kier molecular flexibility index (Phi) is 7.25. The van der Waals surface area contributed by atoms with Crippen LogP contribution in [-0.4, -0.2) is 29.8 Å².